The van der Waals surface area contributed by atoms with Crippen molar-refractivity contribution in [2.24, 2.45) is 7.05 Å². The van der Waals surface area contributed by atoms with Gasteiger partial charge in [-0.1, -0.05) is 6.92 Å². The summed E-state index contributed by atoms with van der Waals surface area (Å²) in [5.41, 5.74) is 2.50. The van der Waals surface area contributed by atoms with Gasteiger partial charge in [0.25, 0.3) is 0 Å². The fourth-order valence-corrected chi connectivity index (χ4v) is 2.98. The number of nitrogens with one attached hydrogen (secondary N) is 1. The number of nitrogens with zero attached hydrogens (tertiary/aromatic N) is 2. The van der Waals surface area contributed by atoms with E-state index in [-0.39, 0.29) is 0 Å². The van der Waals surface area contributed by atoms with Crippen molar-refractivity contribution in [3.8, 4) is 0 Å². The van der Waals surface area contributed by atoms with Crippen molar-refractivity contribution in [3.63, 3.8) is 0 Å². The van der Waals surface area contributed by atoms with Crippen LogP contribution < -0.4 is 5.32 Å². The minimum absolute atomic E-state index is 0.397. The lowest BCUT2D eigenvalue weighted by atomic mass is 10.2. The van der Waals surface area contributed by atoms with Crippen LogP contribution >= 0.6 is 11.3 Å². The Labute approximate surface area is 113 Å². The van der Waals surface area contributed by atoms with Gasteiger partial charge >= 0.3 is 0 Å². The average molecular weight is 263 g/mol. The van der Waals surface area contributed by atoms with Crippen LogP contribution in [-0.4, -0.2) is 9.78 Å². The number of rotatable bonds is 5. The maximum absolute atomic E-state index is 4.46. The standard InChI is InChI=1S/C14H21N3S/c1-5-13-12(9-17(4)16-13)8-15-11(3)14-7-6-10(2)18-14/h6-7,9,11,15H,5,8H2,1-4H3. The minimum atomic E-state index is 0.397. The van der Waals surface area contributed by atoms with Crippen molar-refractivity contribution in [2.75, 3.05) is 0 Å². The van der Waals surface area contributed by atoms with Crippen LogP contribution in [-0.2, 0) is 20.0 Å². The zero-order chi connectivity index (χ0) is 13.1. The number of thiophene rings is 1. The molecule has 1 atom stereocenters. The third kappa shape index (κ3) is 3.00. The second-order valence-electron chi connectivity index (χ2n) is 4.68. The van der Waals surface area contributed by atoms with E-state index in [0.717, 1.165) is 13.0 Å². The first-order chi connectivity index (χ1) is 8.60. The van der Waals surface area contributed by atoms with Crippen molar-refractivity contribution in [1.29, 1.82) is 0 Å². The van der Waals surface area contributed by atoms with Crippen molar-refractivity contribution >= 4 is 11.3 Å². The van der Waals surface area contributed by atoms with Gasteiger partial charge in [0, 0.05) is 41.1 Å². The third-order valence-electron chi connectivity index (χ3n) is 3.11. The van der Waals surface area contributed by atoms with Gasteiger partial charge in [0.2, 0.25) is 0 Å². The number of aromatic nitrogens is 2. The summed E-state index contributed by atoms with van der Waals surface area (Å²) in [5, 5.41) is 8.04. The van der Waals surface area contributed by atoms with Gasteiger partial charge in [0.1, 0.15) is 0 Å². The second-order valence-corrected chi connectivity index (χ2v) is 6.00. The Hall–Kier alpha value is -1.13. The summed E-state index contributed by atoms with van der Waals surface area (Å²) in [6.07, 6.45) is 3.10. The molecule has 2 heterocycles. The zero-order valence-corrected chi connectivity index (χ0v) is 12.3. The lowest BCUT2D eigenvalue weighted by molar-refractivity contribution is 0.580. The van der Waals surface area contributed by atoms with Gasteiger partial charge in [-0.05, 0) is 32.4 Å². The van der Waals surface area contributed by atoms with Crippen LogP contribution in [0.4, 0.5) is 0 Å². The highest BCUT2D eigenvalue weighted by molar-refractivity contribution is 7.12. The fraction of sp³-hybridized carbons (Fsp3) is 0.500. The number of aryl methyl sites for hydroxylation is 3. The van der Waals surface area contributed by atoms with E-state index in [1.54, 1.807) is 0 Å². The van der Waals surface area contributed by atoms with E-state index < -0.39 is 0 Å². The van der Waals surface area contributed by atoms with Crippen LogP contribution in [0.1, 0.15) is 40.9 Å². The Bertz CT molecular complexity index is 513. The summed E-state index contributed by atoms with van der Waals surface area (Å²) in [7, 11) is 1.98. The van der Waals surface area contributed by atoms with Gasteiger partial charge in [-0.2, -0.15) is 5.10 Å². The minimum Gasteiger partial charge on any atom is -0.305 e. The summed E-state index contributed by atoms with van der Waals surface area (Å²) >= 11 is 1.86. The SMILES string of the molecule is CCc1nn(C)cc1CNC(C)c1ccc(C)s1. The van der Waals surface area contributed by atoms with Crippen LogP contribution in [0, 0.1) is 6.92 Å². The van der Waals surface area contributed by atoms with Gasteiger partial charge in [0.15, 0.2) is 0 Å². The highest BCUT2D eigenvalue weighted by Crippen LogP contribution is 2.22. The molecule has 2 aromatic rings. The van der Waals surface area contributed by atoms with Crippen LogP contribution in [0.3, 0.4) is 0 Å². The predicted octanol–water partition coefficient (Wildman–Crippen LogP) is 3.20. The molecule has 2 rings (SSSR count). The molecule has 3 nitrogen and oxygen atoms in total. The maximum atomic E-state index is 4.46. The molecule has 0 saturated heterocycles. The third-order valence-corrected chi connectivity index (χ3v) is 4.30. The molecule has 1 N–H and O–H groups in total. The van der Waals surface area contributed by atoms with E-state index in [1.807, 2.05) is 23.1 Å². The van der Waals surface area contributed by atoms with E-state index in [1.165, 1.54) is 21.0 Å². The van der Waals surface area contributed by atoms with Crippen molar-refractivity contribution in [1.82, 2.24) is 15.1 Å². The molecule has 0 aromatic carbocycles. The lowest BCUT2D eigenvalue weighted by Crippen LogP contribution is -2.17. The van der Waals surface area contributed by atoms with Gasteiger partial charge in [-0.15, -0.1) is 11.3 Å². The lowest BCUT2D eigenvalue weighted by Gasteiger charge is -2.11. The van der Waals surface area contributed by atoms with Crippen LogP contribution in [0.15, 0.2) is 18.3 Å². The summed E-state index contributed by atoms with van der Waals surface area (Å²) in [5.74, 6) is 0. The topological polar surface area (TPSA) is 29.9 Å². The molecule has 0 fully saturated rings. The maximum Gasteiger partial charge on any atom is 0.0666 e. The predicted molar refractivity (Wildman–Crippen MR) is 76.9 cm³/mol. The Morgan fingerprint density at radius 1 is 1.44 bits per heavy atom. The summed E-state index contributed by atoms with van der Waals surface area (Å²) in [6, 6.07) is 4.79. The molecule has 0 spiro atoms. The van der Waals surface area contributed by atoms with Crippen LogP contribution in [0.2, 0.25) is 0 Å². The molecule has 18 heavy (non-hydrogen) atoms. The Kier molecular flexibility index (Phi) is 4.19. The van der Waals surface area contributed by atoms with E-state index in [2.05, 4.69) is 49.5 Å². The molecule has 0 amide bonds. The number of hydrogen-bond donors (Lipinski definition) is 1. The van der Waals surface area contributed by atoms with Gasteiger partial charge < -0.3 is 5.32 Å². The van der Waals surface area contributed by atoms with Crippen LogP contribution in [0.25, 0.3) is 0 Å². The molecule has 2 aromatic heterocycles. The molecule has 0 aliphatic heterocycles. The molecule has 98 valence electrons. The monoisotopic (exact) mass is 263 g/mol. The summed E-state index contributed by atoms with van der Waals surface area (Å²) in [6.45, 7) is 7.40. The van der Waals surface area contributed by atoms with Gasteiger partial charge in [0.05, 0.1) is 5.69 Å². The summed E-state index contributed by atoms with van der Waals surface area (Å²) < 4.78 is 1.90. The average Bonchev–Trinajstić information content (AvgIpc) is 2.92. The first-order valence-corrected chi connectivity index (χ1v) is 7.23. The fourth-order valence-electron chi connectivity index (χ4n) is 2.08. The van der Waals surface area contributed by atoms with Crippen molar-refractivity contribution in [3.05, 3.63) is 39.3 Å². The molecule has 0 bridgehead atoms. The largest absolute Gasteiger partial charge is 0.305 e. The van der Waals surface area contributed by atoms with Crippen molar-refractivity contribution < 1.29 is 0 Å². The molecule has 0 saturated carbocycles. The number of hydrogen-bond acceptors (Lipinski definition) is 3. The van der Waals surface area contributed by atoms with E-state index in [9.17, 15) is 0 Å². The van der Waals surface area contributed by atoms with E-state index in [0.29, 0.717) is 6.04 Å². The Balaban J connectivity index is 1.98. The highest BCUT2D eigenvalue weighted by atomic mass is 32.1. The van der Waals surface area contributed by atoms with Crippen molar-refractivity contribution in [2.45, 2.75) is 39.8 Å². The molecule has 1 unspecified atom stereocenters. The smallest absolute Gasteiger partial charge is 0.0666 e. The highest BCUT2D eigenvalue weighted by Gasteiger charge is 2.10. The van der Waals surface area contributed by atoms with E-state index >= 15 is 0 Å². The molecule has 0 aliphatic rings. The zero-order valence-electron chi connectivity index (χ0n) is 11.5. The van der Waals surface area contributed by atoms with Gasteiger partial charge in [-0.25, -0.2) is 0 Å². The molecular weight excluding hydrogens is 242 g/mol. The second kappa shape index (κ2) is 5.67. The van der Waals surface area contributed by atoms with E-state index in [4.69, 9.17) is 0 Å². The summed E-state index contributed by atoms with van der Waals surface area (Å²) in [4.78, 5) is 2.77. The Morgan fingerprint density at radius 2 is 2.22 bits per heavy atom. The molecular formula is C14H21N3S. The quantitative estimate of drug-likeness (QED) is 0.897. The molecule has 4 heteroatoms. The molecule has 0 aliphatic carbocycles. The van der Waals surface area contributed by atoms with Crippen LogP contribution in [0.5, 0.6) is 0 Å². The van der Waals surface area contributed by atoms with Gasteiger partial charge in [-0.3, -0.25) is 4.68 Å². The normalized spacial score (nSPS) is 12.9. The Morgan fingerprint density at radius 3 is 2.83 bits per heavy atom. The molecule has 0 radical (unpaired) electrons. The first kappa shape index (κ1) is 13.3. The first-order valence-electron chi connectivity index (χ1n) is 6.41.